The summed E-state index contributed by atoms with van der Waals surface area (Å²) in [6.45, 7) is 0.818. The van der Waals surface area contributed by atoms with E-state index in [1.165, 1.54) is 12.1 Å². The molecule has 0 aliphatic carbocycles. The number of anilines is 1. The molecule has 1 aliphatic rings. The lowest BCUT2D eigenvalue weighted by molar-refractivity contribution is 0.0574. The number of hydrogen-bond acceptors (Lipinski definition) is 5. The molecule has 3 rings (SSSR count). The summed E-state index contributed by atoms with van der Waals surface area (Å²) in [6, 6.07) is 4.26. The van der Waals surface area contributed by atoms with E-state index in [2.05, 4.69) is 25.9 Å². The average Bonchev–Trinajstić information content (AvgIpc) is 2.60. The highest BCUT2D eigenvalue weighted by Gasteiger charge is 2.27. The summed E-state index contributed by atoms with van der Waals surface area (Å²) in [4.78, 5) is 21.5. The molecule has 2 N–H and O–H groups in total. The highest BCUT2D eigenvalue weighted by atomic mass is 79.9. The molecule has 9 heteroatoms. The van der Waals surface area contributed by atoms with Crippen LogP contribution in [0.5, 0.6) is 6.01 Å². The number of amides is 1. The van der Waals surface area contributed by atoms with E-state index in [9.17, 15) is 13.6 Å². The number of hydrogen-bond donors (Lipinski definition) is 1. The van der Waals surface area contributed by atoms with Crippen LogP contribution in [0.4, 0.5) is 14.6 Å². The van der Waals surface area contributed by atoms with Crippen LogP contribution in [0.2, 0.25) is 0 Å². The van der Waals surface area contributed by atoms with Crippen molar-refractivity contribution in [2.75, 3.05) is 18.8 Å². The minimum Gasteiger partial charge on any atom is -0.460 e. The number of nitrogens with two attached hydrogens (primary N) is 1. The quantitative estimate of drug-likeness (QED) is 0.837. The normalized spacial score (nSPS) is 15.2. The van der Waals surface area contributed by atoms with Crippen molar-refractivity contribution in [3.63, 3.8) is 0 Å². The Labute approximate surface area is 151 Å². The molecule has 2 heterocycles. The van der Waals surface area contributed by atoms with Crippen LogP contribution in [0.3, 0.4) is 0 Å². The number of likely N-dealkylation sites (tertiary alicyclic amines) is 1. The molecule has 132 valence electrons. The van der Waals surface area contributed by atoms with Gasteiger partial charge < -0.3 is 15.4 Å². The molecule has 1 aromatic carbocycles. The Morgan fingerprint density at radius 3 is 2.68 bits per heavy atom. The van der Waals surface area contributed by atoms with Crippen LogP contribution in [0.1, 0.15) is 23.2 Å². The van der Waals surface area contributed by atoms with Gasteiger partial charge in [0.25, 0.3) is 5.91 Å². The van der Waals surface area contributed by atoms with E-state index in [1.807, 2.05) is 0 Å². The van der Waals surface area contributed by atoms with Gasteiger partial charge in [0.15, 0.2) is 11.6 Å². The second-order valence-corrected chi connectivity index (χ2v) is 6.54. The number of halogens is 3. The first-order valence-electron chi connectivity index (χ1n) is 7.63. The third-order valence-corrected chi connectivity index (χ3v) is 4.40. The first kappa shape index (κ1) is 17.5. The van der Waals surface area contributed by atoms with Crippen LogP contribution >= 0.6 is 15.9 Å². The highest BCUT2D eigenvalue weighted by molar-refractivity contribution is 9.10. The maximum Gasteiger partial charge on any atom is 0.318 e. The standard InChI is InChI=1S/C16H15BrF2N4O2/c17-9-1-2-12(18)11(7-9)15(24)23-5-3-10(4-6-23)25-16-21-8-13(19)14(20)22-16/h1-2,7-8,10H,3-6H2,(H2,20,21,22). The molecule has 6 nitrogen and oxygen atoms in total. The summed E-state index contributed by atoms with van der Waals surface area (Å²) < 4.78 is 33.1. The van der Waals surface area contributed by atoms with Gasteiger partial charge in [-0.25, -0.2) is 13.8 Å². The molecule has 1 saturated heterocycles. The van der Waals surface area contributed by atoms with E-state index in [0.717, 1.165) is 6.20 Å². The zero-order valence-corrected chi connectivity index (χ0v) is 14.7. The Bertz CT molecular complexity index is 798. The summed E-state index contributed by atoms with van der Waals surface area (Å²) >= 11 is 3.24. The second-order valence-electron chi connectivity index (χ2n) is 5.62. The largest absolute Gasteiger partial charge is 0.460 e. The minimum absolute atomic E-state index is 0.00158. The predicted octanol–water partition coefficient (Wildman–Crippen LogP) is 2.78. The zero-order valence-electron chi connectivity index (χ0n) is 13.1. The van der Waals surface area contributed by atoms with Gasteiger partial charge in [0, 0.05) is 30.4 Å². The molecule has 1 aliphatic heterocycles. The fourth-order valence-corrected chi connectivity index (χ4v) is 2.94. The molecule has 0 bridgehead atoms. The third kappa shape index (κ3) is 4.04. The lowest BCUT2D eigenvalue weighted by atomic mass is 10.1. The zero-order chi connectivity index (χ0) is 18.0. The summed E-state index contributed by atoms with van der Waals surface area (Å²) in [5.74, 6) is -1.90. The van der Waals surface area contributed by atoms with E-state index >= 15 is 0 Å². The molecule has 1 aromatic heterocycles. The Kier molecular flexibility index (Phi) is 5.12. The molecule has 0 spiro atoms. The topological polar surface area (TPSA) is 81.3 Å². The number of benzene rings is 1. The maximum atomic E-state index is 13.9. The first-order chi connectivity index (χ1) is 11.9. The van der Waals surface area contributed by atoms with E-state index in [0.29, 0.717) is 30.4 Å². The van der Waals surface area contributed by atoms with Crippen molar-refractivity contribution in [3.8, 4) is 6.01 Å². The summed E-state index contributed by atoms with van der Waals surface area (Å²) in [6.07, 6.45) is 1.79. The third-order valence-electron chi connectivity index (χ3n) is 3.91. The minimum atomic E-state index is -0.705. The Morgan fingerprint density at radius 1 is 1.28 bits per heavy atom. The van der Waals surface area contributed by atoms with Crippen LogP contribution in [0.15, 0.2) is 28.9 Å². The van der Waals surface area contributed by atoms with Gasteiger partial charge in [-0.1, -0.05) is 15.9 Å². The first-order valence-corrected chi connectivity index (χ1v) is 8.42. The van der Waals surface area contributed by atoms with E-state index in [1.54, 1.807) is 11.0 Å². The van der Waals surface area contributed by atoms with Crippen LogP contribution in [-0.2, 0) is 0 Å². The fraction of sp³-hybridized carbons (Fsp3) is 0.312. The number of rotatable bonds is 3. The van der Waals surface area contributed by atoms with Crippen molar-refractivity contribution >= 4 is 27.7 Å². The van der Waals surface area contributed by atoms with Gasteiger partial charge >= 0.3 is 6.01 Å². The van der Waals surface area contributed by atoms with Gasteiger partial charge in [-0.2, -0.15) is 4.98 Å². The smallest absolute Gasteiger partial charge is 0.318 e. The number of carbonyl (C=O) groups is 1. The van der Waals surface area contributed by atoms with Crippen molar-refractivity contribution in [2.24, 2.45) is 0 Å². The van der Waals surface area contributed by atoms with Gasteiger partial charge in [-0.05, 0) is 18.2 Å². The number of carbonyl (C=O) groups excluding carboxylic acids is 1. The molecule has 25 heavy (non-hydrogen) atoms. The predicted molar refractivity (Wildman–Crippen MR) is 90.1 cm³/mol. The van der Waals surface area contributed by atoms with E-state index in [-0.39, 0.29) is 29.4 Å². The van der Waals surface area contributed by atoms with Crippen LogP contribution < -0.4 is 10.5 Å². The SMILES string of the molecule is Nc1nc(OC2CCN(C(=O)c3cc(Br)ccc3F)CC2)ncc1F. The van der Waals surface area contributed by atoms with Crippen molar-refractivity contribution in [1.29, 1.82) is 0 Å². The Balaban J connectivity index is 1.60. The van der Waals surface area contributed by atoms with Gasteiger partial charge in [-0.15, -0.1) is 0 Å². The molecule has 0 radical (unpaired) electrons. The molecule has 2 aromatic rings. The number of ether oxygens (including phenoxy) is 1. The molecular weight excluding hydrogens is 398 g/mol. The number of aromatic nitrogens is 2. The number of nitrogens with zero attached hydrogens (tertiary/aromatic N) is 3. The van der Waals surface area contributed by atoms with E-state index in [4.69, 9.17) is 10.5 Å². The van der Waals surface area contributed by atoms with Crippen LogP contribution in [0.25, 0.3) is 0 Å². The van der Waals surface area contributed by atoms with Gasteiger partial charge in [0.05, 0.1) is 11.8 Å². The molecule has 0 atom stereocenters. The van der Waals surface area contributed by atoms with Gasteiger partial charge in [0.1, 0.15) is 11.9 Å². The van der Waals surface area contributed by atoms with Crippen molar-refractivity contribution < 1.29 is 18.3 Å². The highest BCUT2D eigenvalue weighted by Crippen LogP contribution is 2.21. The Morgan fingerprint density at radius 2 is 2.00 bits per heavy atom. The van der Waals surface area contributed by atoms with Crippen molar-refractivity contribution in [3.05, 3.63) is 46.1 Å². The maximum absolute atomic E-state index is 13.9. The molecule has 0 unspecified atom stereocenters. The van der Waals surface area contributed by atoms with Crippen LogP contribution in [-0.4, -0.2) is 40.0 Å². The van der Waals surface area contributed by atoms with Gasteiger partial charge in [0.2, 0.25) is 0 Å². The lowest BCUT2D eigenvalue weighted by Crippen LogP contribution is -2.42. The summed E-state index contributed by atoms with van der Waals surface area (Å²) in [7, 11) is 0. The molecule has 1 amide bonds. The number of nitrogen functional groups attached to an aromatic ring is 1. The Hall–Kier alpha value is -2.29. The summed E-state index contributed by atoms with van der Waals surface area (Å²) in [5.41, 5.74) is 5.41. The number of piperidine rings is 1. The fourth-order valence-electron chi connectivity index (χ4n) is 2.58. The van der Waals surface area contributed by atoms with Crippen molar-refractivity contribution in [1.82, 2.24) is 14.9 Å². The summed E-state index contributed by atoms with van der Waals surface area (Å²) in [5, 5.41) is 0. The monoisotopic (exact) mass is 412 g/mol. The second kappa shape index (κ2) is 7.30. The average molecular weight is 413 g/mol. The van der Waals surface area contributed by atoms with Crippen molar-refractivity contribution in [2.45, 2.75) is 18.9 Å². The van der Waals surface area contributed by atoms with Crippen LogP contribution in [0, 0.1) is 11.6 Å². The molecule has 1 fully saturated rings. The van der Waals surface area contributed by atoms with Gasteiger partial charge in [-0.3, -0.25) is 4.79 Å². The molecule has 0 saturated carbocycles. The molecular formula is C16H15BrF2N4O2. The van der Waals surface area contributed by atoms with E-state index < -0.39 is 11.6 Å². The lowest BCUT2D eigenvalue weighted by Gasteiger charge is -2.31.